The van der Waals surface area contributed by atoms with Crippen molar-refractivity contribution in [2.24, 2.45) is 0 Å². The minimum Gasteiger partial charge on any atom is -0.465 e. The first-order valence-corrected chi connectivity index (χ1v) is 4.72. The number of fused-ring (bicyclic) bond motifs is 1. The van der Waals surface area contributed by atoms with Gasteiger partial charge in [0.05, 0.1) is 6.54 Å². The lowest BCUT2D eigenvalue weighted by Gasteiger charge is -2.08. The number of carbonyl (C=O) groups is 1. The van der Waals surface area contributed by atoms with Crippen molar-refractivity contribution in [3.8, 4) is 0 Å². The number of hydrogen-bond donors (Lipinski definition) is 1. The van der Waals surface area contributed by atoms with Crippen molar-refractivity contribution in [2.45, 2.75) is 13.1 Å². The van der Waals surface area contributed by atoms with E-state index in [4.69, 9.17) is 5.11 Å². The Morgan fingerprint density at radius 1 is 1.46 bits per heavy atom. The van der Waals surface area contributed by atoms with E-state index < -0.39 is 6.09 Å². The van der Waals surface area contributed by atoms with Crippen LogP contribution in [-0.4, -0.2) is 16.1 Å². The molecular weight excluding hydrogens is 234 g/mol. The number of rotatable bonds is 0. The van der Waals surface area contributed by atoms with Crippen molar-refractivity contribution >= 4 is 22.0 Å². The molecule has 1 heterocycles. The SMILES string of the molecule is O=C(O)N1Cc2cccc(Br)c2C1. The number of benzene rings is 1. The van der Waals surface area contributed by atoms with Crippen molar-refractivity contribution in [1.29, 1.82) is 0 Å². The Kier molecular flexibility index (Phi) is 2.00. The highest BCUT2D eigenvalue weighted by Crippen LogP contribution is 2.28. The molecule has 1 aliphatic heterocycles. The molecular formula is C9H8BrNO2. The summed E-state index contributed by atoms with van der Waals surface area (Å²) in [6.45, 7) is 0.996. The van der Waals surface area contributed by atoms with Crippen molar-refractivity contribution in [3.05, 3.63) is 33.8 Å². The highest BCUT2D eigenvalue weighted by Gasteiger charge is 2.23. The Morgan fingerprint density at radius 3 is 2.85 bits per heavy atom. The normalized spacial score (nSPS) is 14.4. The first kappa shape index (κ1) is 8.56. The second-order valence-corrected chi connectivity index (χ2v) is 3.87. The van der Waals surface area contributed by atoms with E-state index in [9.17, 15) is 4.79 Å². The predicted molar refractivity (Wildman–Crippen MR) is 51.4 cm³/mol. The average molecular weight is 242 g/mol. The number of hydrogen-bond acceptors (Lipinski definition) is 1. The van der Waals surface area contributed by atoms with Gasteiger partial charge in [-0.25, -0.2) is 4.79 Å². The van der Waals surface area contributed by atoms with Gasteiger partial charge in [0.1, 0.15) is 0 Å². The van der Waals surface area contributed by atoms with Crippen LogP contribution in [0.15, 0.2) is 22.7 Å². The highest BCUT2D eigenvalue weighted by molar-refractivity contribution is 9.10. The Bertz CT molecular complexity index is 365. The average Bonchev–Trinajstić information content (AvgIpc) is 2.49. The van der Waals surface area contributed by atoms with Gasteiger partial charge in [0.25, 0.3) is 0 Å². The van der Waals surface area contributed by atoms with Crippen LogP contribution >= 0.6 is 15.9 Å². The number of halogens is 1. The van der Waals surface area contributed by atoms with Crippen LogP contribution in [0.1, 0.15) is 11.1 Å². The van der Waals surface area contributed by atoms with Crippen LogP contribution in [0.5, 0.6) is 0 Å². The van der Waals surface area contributed by atoms with E-state index in [1.165, 1.54) is 4.90 Å². The molecule has 0 fully saturated rings. The van der Waals surface area contributed by atoms with Gasteiger partial charge in [-0.15, -0.1) is 0 Å². The molecule has 0 atom stereocenters. The molecule has 68 valence electrons. The minimum absolute atomic E-state index is 0.492. The third-order valence-corrected chi connectivity index (χ3v) is 2.94. The summed E-state index contributed by atoms with van der Waals surface area (Å²) in [6, 6.07) is 5.82. The molecule has 1 amide bonds. The highest BCUT2D eigenvalue weighted by atomic mass is 79.9. The van der Waals surface area contributed by atoms with E-state index in [-0.39, 0.29) is 0 Å². The quantitative estimate of drug-likeness (QED) is 0.758. The van der Waals surface area contributed by atoms with Gasteiger partial charge in [-0.3, -0.25) is 4.90 Å². The van der Waals surface area contributed by atoms with Crippen molar-refractivity contribution in [1.82, 2.24) is 4.90 Å². The van der Waals surface area contributed by atoms with Crippen LogP contribution in [0.3, 0.4) is 0 Å². The summed E-state index contributed by atoms with van der Waals surface area (Å²) in [5.74, 6) is 0. The van der Waals surface area contributed by atoms with Crippen molar-refractivity contribution < 1.29 is 9.90 Å². The summed E-state index contributed by atoms with van der Waals surface area (Å²) >= 11 is 3.40. The van der Waals surface area contributed by atoms with Crippen LogP contribution in [0, 0.1) is 0 Å². The fourth-order valence-corrected chi connectivity index (χ4v) is 2.05. The molecule has 13 heavy (non-hydrogen) atoms. The summed E-state index contributed by atoms with van der Waals surface area (Å²) in [5.41, 5.74) is 2.18. The van der Waals surface area contributed by atoms with Gasteiger partial charge in [0, 0.05) is 11.0 Å². The van der Waals surface area contributed by atoms with Gasteiger partial charge in [-0.2, -0.15) is 0 Å². The molecule has 0 radical (unpaired) electrons. The first-order valence-electron chi connectivity index (χ1n) is 3.92. The molecule has 1 aliphatic rings. The molecule has 1 aromatic rings. The van der Waals surface area contributed by atoms with E-state index >= 15 is 0 Å². The molecule has 0 saturated heterocycles. The van der Waals surface area contributed by atoms with Crippen LogP contribution in [0.2, 0.25) is 0 Å². The fraction of sp³-hybridized carbons (Fsp3) is 0.222. The molecule has 0 bridgehead atoms. The largest absolute Gasteiger partial charge is 0.465 e. The maximum Gasteiger partial charge on any atom is 0.407 e. The molecule has 2 rings (SSSR count). The van der Waals surface area contributed by atoms with E-state index in [1.54, 1.807) is 0 Å². The Hall–Kier alpha value is -1.03. The molecule has 0 aliphatic carbocycles. The second-order valence-electron chi connectivity index (χ2n) is 3.02. The lowest BCUT2D eigenvalue weighted by atomic mass is 10.1. The molecule has 1 aromatic carbocycles. The van der Waals surface area contributed by atoms with E-state index in [1.807, 2.05) is 18.2 Å². The smallest absolute Gasteiger partial charge is 0.407 e. The van der Waals surface area contributed by atoms with Gasteiger partial charge in [0.2, 0.25) is 0 Å². The fourth-order valence-electron chi connectivity index (χ4n) is 1.52. The predicted octanol–water partition coefficient (Wildman–Crippen LogP) is 2.44. The third-order valence-electron chi connectivity index (χ3n) is 2.20. The zero-order valence-corrected chi connectivity index (χ0v) is 8.41. The molecule has 0 aromatic heterocycles. The second kappa shape index (κ2) is 3.03. The monoisotopic (exact) mass is 241 g/mol. The maximum absolute atomic E-state index is 10.7. The van der Waals surface area contributed by atoms with Crippen molar-refractivity contribution in [2.75, 3.05) is 0 Å². The zero-order valence-electron chi connectivity index (χ0n) is 6.83. The lowest BCUT2D eigenvalue weighted by Crippen LogP contribution is -2.22. The minimum atomic E-state index is -0.858. The number of amides is 1. The number of carboxylic acid groups (broad SMARTS) is 1. The Labute approximate surface area is 84.1 Å². The standard InChI is InChI=1S/C9H8BrNO2/c10-8-3-1-2-6-4-11(9(12)13)5-7(6)8/h1-3H,4-5H2,(H,12,13). The molecule has 0 unspecified atom stereocenters. The Morgan fingerprint density at radius 2 is 2.23 bits per heavy atom. The van der Waals surface area contributed by atoms with Gasteiger partial charge in [-0.05, 0) is 17.2 Å². The molecule has 0 spiro atoms. The summed E-state index contributed by atoms with van der Waals surface area (Å²) in [7, 11) is 0. The maximum atomic E-state index is 10.7. The van der Waals surface area contributed by atoms with Crippen LogP contribution in [0.4, 0.5) is 4.79 Å². The molecule has 1 N–H and O–H groups in total. The molecule has 4 heteroatoms. The van der Waals surface area contributed by atoms with Crippen LogP contribution < -0.4 is 0 Å². The summed E-state index contributed by atoms with van der Waals surface area (Å²) in [4.78, 5) is 12.1. The van der Waals surface area contributed by atoms with Gasteiger partial charge < -0.3 is 5.11 Å². The summed E-state index contributed by atoms with van der Waals surface area (Å²) in [6.07, 6.45) is -0.858. The van der Waals surface area contributed by atoms with E-state index in [0.717, 1.165) is 15.6 Å². The summed E-state index contributed by atoms with van der Waals surface area (Å²) in [5, 5.41) is 8.79. The van der Waals surface area contributed by atoms with Gasteiger partial charge in [0.15, 0.2) is 0 Å². The Balaban J connectivity index is 2.35. The third kappa shape index (κ3) is 1.42. The van der Waals surface area contributed by atoms with E-state index in [0.29, 0.717) is 13.1 Å². The van der Waals surface area contributed by atoms with Crippen LogP contribution in [-0.2, 0) is 13.1 Å². The topological polar surface area (TPSA) is 40.5 Å². The van der Waals surface area contributed by atoms with Gasteiger partial charge in [-0.1, -0.05) is 28.1 Å². The lowest BCUT2D eigenvalue weighted by molar-refractivity contribution is 0.145. The first-order chi connectivity index (χ1) is 6.18. The van der Waals surface area contributed by atoms with Crippen LogP contribution in [0.25, 0.3) is 0 Å². The van der Waals surface area contributed by atoms with Crippen molar-refractivity contribution in [3.63, 3.8) is 0 Å². The molecule has 3 nitrogen and oxygen atoms in total. The van der Waals surface area contributed by atoms with E-state index in [2.05, 4.69) is 15.9 Å². The summed E-state index contributed by atoms with van der Waals surface area (Å²) < 4.78 is 0.994. The molecule has 0 saturated carbocycles. The van der Waals surface area contributed by atoms with Gasteiger partial charge >= 0.3 is 6.09 Å². The number of nitrogens with zero attached hydrogens (tertiary/aromatic N) is 1. The zero-order chi connectivity index (χ0) is 9.42.